The molecule has 0 spiro atoms. The Kier molecular flexibility index (Phi) is 2.83. The van der Waals surface area contributed by atoms with Crippen molar-refractivity contribution in [2.45, 2.75) is 25.7 Å². The van der Waals surface area contributed by atoms with Crippen LogP contribution in [0.3, 0.4) is 0 Å². The number of hydrogen-bond acceptors (Lipinski definition) is 1. The Morgan fingerprint density at radius 1 is 1.53 bits per heavy atom. The highest BCUT2D eigenvalue weighted by Crippen LogP contribution is 2.37. The van der Waals surface area contributed by atoms with Crippen molar-refractivity contribution in [1.82, 2.24) is 0 Å². The number of hydrogen-bond donors (Lipinski definition) is 1. The molecule has 80 valence electrons. The molecule has 0 heterocycles. The largest absolute Gasteiger partial charge is 0.481 e. The molecule has 0 radical (unpaired) electrons. The maximum absolute atomic E-state index is 11.0. The summed E-state index contributed by atoms with van der Waals surface area (Å²) in [6, 6.07) is 6.16. The van der Waals surface area contributed by atoms with E-state index in [4.69, 9.17) is 5.11 Å². The lowest BCUT2D eigenvalue weighted by Gasteiger charge is -2.28. The standard InChI is InChI=1S/C12H13BrO2/c1-7-10(12(14)15)5-3-8-2-4-9(13)6-11(7)8/h2,4,6-7,10H,3,5H2,1H3,(H,14,15). The third-order valence-corrected chi connectivity index (χ3v) is 3.74. The van der Waals surface area contributed by atoms with Gasteiger partial charge in [-0.25, -0.2) is 0 Å². The van der Waals surface area contributed by atoms with E-state index in [1.54, 1.807) is 0 Å². The molecular weight excluding hydrogens is 256 g/mol. The van der Waals surface area contributed by atoms with Gasteiger partial charge in [0.1, 0.15) is 0 Å². The van der Waals surface area contributed by atoms with Crippen LogP contribution in [0.15, 0.2) is 22.7 Å². The molecule has 15 heavy (non-hydrogen) atoms. The fourth-order valence-electron chi connectivity index (χ4n) is 2.33. The fourth-order valence-corrected chi connectivity index (χ4v) is 2.71. The number of aliphatic carboxylic acids is 1. The molecular formula is C12H13BrO2. The van der Waals surface area contributed by atoms with Crippen LogP contribution in [0, 0.1) is 5.92 Å². The molecule has 0 aromatic heterocycles. The number of fused-ring (bicyclic) bond motifs is 1. The number of halogens is 1. The summed E-state index contributed by atoms with van der Waals surface area (Å²) in [6.45, 7) is 2.00. The van der Waals surface area contributed by atoms with Crippen LogP contribution in [0.1, 0.15) is 30.4 Å². The molecule has 0 saturated heterocycles. The van der Waals surface area contributed by atoms with Crippen LogP contribution in [-0.4, -0.2) is 11.1 Å². The van der Waals surface area contributed by atoms with Gasteiger partial charge >= 0.3 is 5.97 Å². The summed E-state index contributed by atoms with van der Waals surface area (Å²) in [5.41, 5.74) is 2.48. The van der Waals surface area contributed by atoms with Crippen LogP contribution >= 0.6 is 15.9 Å². The predicted octanol–water partition coefficient (Wildman–Crippen LogP) is 3.20. The number of carbonyl (C=O) groups is 1. The minimum atomic E-state index is -0.673. The Bertz CT molecular complexity index is 401. The number of carboxylic acid groups (broad SMARTS) is 1. The number of carboxylic acids is 1. The van der Waals surface area contributed by atoms with Crippen LogP contribution in [0.25, 0.3) is 0 Å². The molecule has 2 nitrogen and oxygen atoms in total. The summed E-state index contributed by atoms with van der Waals surface area (Å²) >= 11 is 3.43. The normalized spacial score (nSPS) is 24.7. The van der Waals surface area contributed by atoms with E-state index in [1.165, 1.54) is 11.1 Å². The number of aryl methyl sites for hydroxylation is 1. The molecule has 0 saturated carbocycles. The highest BCUT2D eigenvalue weighted by atomic mass is 79.9. The average Bonchev–Trinajstić information content (AvgIpc) is 2.19. The van der Waals surface area contributed by atoms with Crippen molar-refractivity contribution in [1.29, 1.82) is 0 Å². The Morgan fingerprint density at radius 2 is 2.27 bits per heavy atom. The van der Waals surface area contributed by atoms with E-state index in [0.717, 1.165) is 17.3 Å². The Labute approximate surface area is 97.4 Å². The first-order valence-electron chi connectivity index (χ1n) is 5.10. The van der Waals surface area contributed by atoms with Gasteiger partial charge in [-0.1, -0.05) is 28.9 Å². The molecule has 0 amide bonds. The molecule has 2 atom stereocenters. The van der Waals surface area contributed by atoms with Crippen LogP contribution in [0.4, 0.5) is 0 Å². The van der Waals surface area contributed by atoms with Gasteiger partial charge < -0.3 is 5.11 Å². The molecule has 0 aliphatic heterocycles. The van der Waals surface area contributed by atoms with Gasteiger partial charge in [0, 0.05) is 4.47 Å². The second kappa shape index (κ2) is 3.97. The third kappa shape index (κ3) is 1.93. The summed E-state index contributed by atoms with van der Waals surface area (Å²) in [5, 5.41) is 9.09. The zero-order valence-electron chi connectivity index (χ0n) is 8.53. The highest BCUT2D eigenvalue weighted by molar-refractivity contribution is 9.10. The van der Waals surface area contributed by atoms with Gasteiger partial charge in [-0.15, -0.1) is 0 Å². The SMILES string of the molecule is CC1c2cc(Br)ccc2CCC1C(=O)O. The Balaban J connectivity index is 2.40. The quantitative estimate of drug-likeness (QED) is 0.850. The lowest BCUT2D eigenvalue weighted by molar-refractivity contribution is -0.142. The van der Waals surface area contributed by atoms with Gasteiger partial charge in [0.2, 0.25) is 0 Å². The summed E-state index contributed by atoms with van der Waals surface area (Å²) in [4.78, 5) is 11.0. The summed E-state index contributed by atoms with van der Waals surface area (Å²) in [5.74, 6) is -0.788. The minimum Gasteiger partial charge on any atom is -0.481 e. The van der Waals surface area contributed by atoms with Crippen molar-refractivity contribution in [3.8, 4) is 0 Å². The first-order valence-corrected chi connectivity index (χ1v) is 5.90. The van der Waals surface area contributed by atoms with Gasteiger partial charge in [-0.3, -0.25) is 4.79 Å². The maximum atomic E-state index is 11.0. The molecule has 2 rings (SSSR count). The summed E-state index contributed by atoms with van der Waals surface area (Å²) in [7, 11) is 0. The van der Waals surface area contributed by atoms with Crippen LogP contribution < -0.4 is 0 Å². The van der Waals surface area contributed by atoms with E-state index >= 15 is 0 Å². The fraction of sp³-hybridized carbons (Fsp3) is 0.417. The Morgan fingerprint density at radius 3 is 2.93 bits per heavy atom. The smallest absolute Gasteiger partial charge is 0.307 e. The van der Waals surface area contributed by atoms with Crippen molar-refractivity contribution in [2.24, 2.45) is 5.92 Å². The van der Waals surface area contributed by atoms with Crippen molar-refractivity contribution in [3.05, 3.63) is 33.8 Å². The summed E-state index contributed by atoms with van der Waals surface area (Å²) in [6.07, 6.45) is 1.63. The molecule has 1 aromatic carbocycles. The molecule has 0 fully saturated rings. The summed E-state index contributed by atoms with van der Waals surface area (Å²) < 4.78 is 1.03. The van der Waals surface area contributed by atoms with E-state index in [2.05, 4.69) is 28.1 Å². The Hall–Kier alpha value is -0.830. The molecule has 2 unspecified atom stereocenters. The molecule has 1 aromatic rings. The topological polar surface area (TPSA) is 37.3 Å². The van der Waals surface area contributed by atoms with Crippen LogP contribution in [0.5, 0.6) is 0 Å². The lowest BCUT2D eigenvalue weighted by Crippen LogP contribution is -2.25. The lowest BCUT2D eigenvalue weighted by atomic mass is 9.76. The second-order valence-corrected chi connectivity index (χ2v) is 5.03. The van der Waals surface area contributed by atoms with Crippen LogP contribution in [0.2, 0.25) is 0 Å². The molecule has 1 aliphatic carbocycles. The monoisotopic (exact) mass is 268 g/mol. The van der Waals surface area contributed by atoms with E-state index in [9.17, 15) is 4.79 Å². The van der Waals surface area contributed by atoms with Crippen molar-refractivity contribution >= 4 is 21.9 Å². The van der Waals surface area contributed by atoms with Crippen molar-refractivity contribution in [2.75, 3.05) is 0 Å². The molecule has 0 bridgehead atoms. The minimum absolute atomic E-state index is 0.115. The highest BCUT2D eigenvalue weighted by Gasteiger charge is 2.31. The molecule has 1 N–H and O–H groups in total. The van der Waals surface area contributed by atoms with E-state index < -0.39 is 5.97 Å². The zero-order chi connectivity index (χ0) is 11.0. The first-order chi connectivity index (χ1) is 7.09. The molecule has 3 heteroatoms. The predicted molar refractivity (Wildman–Crippen MR) is 62.0 cm³/mol. The maximum Gasteiger partial charge on any atom is 0.307 e. The van der Waals surface area contributed by atoms with Gasteiger partial charge in [-0.05, 0) is 42.0 Å². The third-order valence-electron chi connectivity index (χ3n) is 3.24. The zero-order valence-corrected chi connectivity index (χ0v) is 10.1. The van der Waals surface area contributed by atoms with Gasteiger partial charge in [0.05, 0.1) is 5.92 Å². The van der Waals surface area contributed by atoms with Crippen LogP contribution in [-0.2, 0) is 11.2 Å². The van der Waals surface area contributed by atoms with Gasteiger partial charge in [0.25, 0.3) is 0 Å². The molecule has 1 aliphatic rings. The van der Waals surface area contributed by atoms with E-state index in [0.29, 0.717) is 0 Å². The van der Waals surface area contributed by atoms with Gasteiger partial charge in [-0.2, -0.15) is 0 Å². The van der Waals surface area contributed by atoms with Gasteiger partial charge in [0.15, 0.2) is 0 Å². The van der Waals surface area contributed by atoms with E-state index in [1.807, 2.05) is 13.0 Å². The van der Waals surface area contributed by atoms with Crippen molar-refractivity contribution < 1.29 is 9.90 Å². The number of rotatable bonds is 1. The first kappa shape index (κ1) is 10.7. The average molecular weight is 269 g/mol. The number of benzene rings is 1. The second-order valence-electron chi connectivity index (χ2n) is 4.12. The van der Waals surface area contributed by atoms with E-state index in [-0.39, 0.29) is 11.8 Å². The van der Waals surface area contributed by atoms with Crippen molar-refractivity contribution in [3.63, 3.8) is 0 Å².